The predicted octanol–water partition coefficient (Wildman–Crippen LogP) is 4.45. The van der Waals surface area contributed by atoms with E-state index in [1.165, 1.54) is 16.7 Å². The molecular formula is C16H11ClN2OS2. The van der Waals surface area contributed by atoms with E-state index in [1.54, 1.807) is 24.3 Å². The Hall–Kier alpha value is -1.69. The van der Waals surface area contributed by atoms with E-state index in [9.17, 15) is 4.79 Å². The zero-order chi connectivity index (χ0) is 15.7. The minimum atomic E-state index is -0.152. The van der Waals surface area contributed by atoms with Crippen LogP contribution in [0.15, 0.2) is 47.4 Å². The van der Waals surface area contributed by atoms with Crippen molar-refractivity contribution < 1.29 is 4.79 Å². The lowest BCUT2D eigenvalue weighted by molar-refractivity contribution is -0.113. The number of thiocarbonyl (C=S) groups is 1. The fourth-order valence-corrected chi connectivity index (χ4v) is 3.55. The third kappa shape index (κ3) is 3.06. The topological polar surface area (TPSA) is 33.2 Å². The van der Waals surface area contributed by atoms with Crippen LogP contribution < -0.4 is 4.90 Å². The molecule has 1 aromatic carbocycles. The van der Waals surface area contributed by atoms with E-state index in [4.69, 9.17) is 23.8 Å². The molecule has 1 saturated heterocycles. The van der Waals surface area contributed by atoms with E-state index < -0.39 is 0 Å². The number of thioether (sulfide) groups is 1. The van der Waals surface area contributed by atoms with Crippen LogP contribution in [0.5, 0.6) is 0 Å². The monoisotopic (exact) mass is 346 g/mol. The number of hydrogen-bond acceptors (Lipinski definition) is 4. The number of benzene rings is 1. The van der Waals surface area contributed by atoms with Gasteiger partial charge in [0.25, 0.3) is 5.91 Å². The first-order valence-electron chi connectivity index (χ1n) is 6.52. The van der Waals surface area contributed by atoms with Crippen LogP contribution in [0.2, 0.25) is 5.02 Å². The number of carbonyl (C=O) groups is 1. The smallest absolute Gasteiger partial charge is 0.268 e. The Morgan fingerprint density at radius 2 is 2.05 bits per heavy atom. The van der Waals surface area contributed by atoms with Crippen LogP contribution in [0, 0.1) is 6.92 Å². The van der Waals surface area contributed by atoms with E-state index in [1.807, 2.05) is 31.2 Å². The fourth-order valence-electron chi connectivity index (χ4n) is 2.08. The minimum Gasteiger partial charge on any atom is -0.268 e. The van der Waals surface area contributed by atoms with Gasteiger partial charge < -0.3 is 0 Å². The van der Waals surface area contributed by atoms with Crippen LogP contribution in [0.4, 0.5) is 5.69 Å². The lowest BCUT2D eigenvalue weighted by atomic mass is 10.2. The molecule has 0 unspecified atom stereocenters. The summed E-state index contributed by atoms with van der Waals surface area (Å²) in [5, 5.41) is 0.566. The second-order valence-electron chi connectivity index (χ2n) is 4.70. The van der Waals surface area contributed by atoms with Gasteiger partial charge in [0, 0.05) is 10.7 Å². The molecular weight excluding hydrogens is 336 g/mol. The second-order valence-corrected chi connectivity index (χ2v) is 6.81. The van der Waals surface area contributed by atoms with Gasteiger partial charge in [0.05, 0.1) is 16.3 Å². The van der Waals surface area contributed by atoms with Crippen molar-refractivity contribution in [1.82, 2.24) is 4.98 Å². The highest BCUT2D eigenvalue weighted by Gasteiger charge is 2.33. The molecule has 22 heavy (non-hydrogen) atoms. The molecule has 0 N–H and O–H groups in total. The van der Waals surface area contributed by atoms with Gasteiger partial charge in [-0.15, -0.1) is 0 Å². The molecule has 2 heterocycles. The first-order valence-corrected chi connectivity index (χ1v) is 8.12. The summed E-state index contributed by atoms with van der Waals surface area (Å²) >= 11 is 12.6. The SMILES string of the molecule is Cc1cccc(/C=C2/SC(=S)N(c3cccc(Cl)c3)C2=O)n1. The molecule has 0 bridgehead atoms. The van der Waals surface area contributed by atoms with Gasteiger partial charge in [-0.3, -0.25) is 14.7 Å². The molecule has 110 valence electrons. The molecule has 1 aliphatic heterocycles. The van der Waals surface area contributed by atoms with Gasteiger partial charge in [-0.05, 0) is 43.3 Å². The van der Waals surface area contributed by atoms with Crippen LogP contribution in [-0.2, 0) is 4.79 Å². The zero-order valence-corrected chi connectivity index (χ0v) is 14.0. The highest BCUT2D eigenvalue weighted by Crippen LogP contribution is 2.36. The van der Waals surface area contributed by atoms with Gasteiger partial charge in [-0.2, -0.15) is 0 Å². The second kappa shape index (κ2) is 6.20. The molecule has 3 nitrogen and oxygen atoms in total. The van der Waals surface area contributed by atoms with Crippen LogP contribution in [0.3, 0.4) is 0 Å². The van der Waals surface area contributed by atoms with Gasteiger partial charge in [0.15, 0.2) is 4.32 Å². The van der Waals surface area contributed by atoms with E-state index in [0.717, 1.165) is 11.4 Å². The maximum Gasteiger partial charge on any atom is 0.270 e. The number of aromatic nitrogens is 1. The van der Waals surface area contributed by atoms with Crippen LogP contribution in [0.25, 0.3) is 6.08 Å². The number of pyridine rings is 1. The Balaban J connectivity index is 1.95. The molecule has 0 spiro atoms. The molecule has 0 saturated carbocycles. The number of anilines is 1. The van der Waals surface area contributed by atoms with Crippen molar-refractivity contribution in [3.63, 3.8) is 0 Å². The van der Waals surface area contributed by atoms with E-state index in [2.05, 4.69) is 4.98 Å². The Morgan fingerprint density at radius 3 is 2.77 bits per heavy atom. The number of nitrogens with zero attached hydrogens (tertiary/aromatic N) is 2. The molecule has 6 heteroatoms. The van der Waals surface area contributed by atoms with Gasteiger partial charge >= 0.3 is 0 Å². The first kappa shape index (κ1) is 15.2. The summed E-state index contributed by atoms with van der Waals surface area (Å²) < 4.78 is 0.492. The standard InChI is InChI=1S/C16H11ClN2OS2/c1-10-4-2-6-12(18-10)9-14-15(20)19(16(21)22-14)13-7-3-5-11(17)8-13/h2-9H,1H3/b14-9+. The van der Waals surface area contributed by atoms with Crippen LogP contribution in [-0.4, -0.2) is 15.2 Å². The third-order valence-corrected chi connectivity index (χ3v) is 4.59. The van der Waals surface area contributed by atoms with Crippen molar-refractivity contribution >= 4 is 57.6 Å². The minimum absolute atomic E-state index is 0.152. The number of rotatable bonds is 2. The third-order valence-electron chi connectivity index (χ3n) is 3.05. The summed E-state index contributed by atoms with van der Waals surface area (Å²) in [5.74, 6) is -0.152. The largest absolute Gasteiger partial charge is 0.270 e. The number of aryl methyl sites for hydroxylation is 1. The summed E-state index contributed by atoms with van der Waals surface area (Å²) in [6.07, 6.45) is 1.76. The van der Waals surface area contributed by atoms with Crippen molar-refractivity contribution in [1.29, 1.82) is 0 Å². The summed E-state index contributed by atoms with van der Waals surface area (Å²) in [5.41, 5.74) is 2.32. The maximum absolute atomic E-state index is 12.6. The molecule has 1 fully saturated rings. The highest BCUT2D eigenvalue weighted by molar-refractivity contribution is 8.27. The van der Waals surface area contributed by atoms with Crippen molar-refractivity contribution in [2.45, 2.75) is 6.92 Å². The maximum atomic E-state index is 12.6. The number of amides is 1. The average Bonchev–Trinajstić information content (AvgIpc) is 2.73. The van der Waals surface area contributed by atoms with Gasteiger partial charge in [0.2, 0.25) is 0 Å². The molecule has 0 atom stereocenters. The van der Waals surface area contributed by atoms with Crippen molar-refractivity contribution in [2.24, 2.45) is 0 Å². The summed E-state index contributed by atoms with van der Waals surface area (Å²) in [4.78, 5) is 19.0. The molecule has 0 radical (unpaired) electrons. The van der Waals surface area contributed by atoms with Crippen molar-refractivity contribution in [3.8, 4) is 0 Å². The molecule has 0 aliphatic carbocycles. The lowest BCUT2D eigenvalue weighted by Crippen LogP contribution is -2.27. The van der Waals surface area contributed by atoms with E-state index in [0.29, 0.717) is 19.9 Å². The number of halogens is 1. The van der Waals surface area contributed by atoms with Crippen molar-refractivity contribution in [3.05, 3.63) is 63.8 Å². The van der Waals surface area contributed by atoms with E-state index in [-0.39, 0.29) is 5.91 Å². The molecule has 1 aliphatic rings. The van der Waals surface area contributed by atoms with E-state index >= 15 is 0 Å². The predicted molar refractivity (Wildman–Crippen MR) is 96.1 cm³/mol. The Labute approximate surface area is 143 Å². The average molecular weight is 347 g/mol. The van der Waals surface area contributed by atoms with Crippen LogP contribution >= 0.6 is 35.6 Å². The summed E-state index contributed by atoms with van der Waals surface area (Å²) in [6.45, 7) is 1.91. The molecule has 1 amide bonds. The summed E-state index contributed by atoms with van der Waals surface area (Å²) in [7, 11) is 0. The van der Waals surface area contributed by atoms with Gasteiger partial charge in [-0.1, -0.05) is 47.7 Å². The van der Waals surface area contributed by atoms with Gasteiger partial charge in [-0.25, -0.2) is 0 Å². The Bertz CT molecular complexity index is 804. The lowest BCUT2D eigenvalue weighted by Gasteiger charge is -2.14. The Morgan fingerprint density at radius 1 is 1.27 bits per heavy atom. The molecule has 2 aromatic rings. The van der Waals surface area contributed by atoms with Gasteiger partial charge in [0.1, 0.15) is 0 Å². The molecule has 3 rings (SSSR count). The molecule has 1 aromatic heterocycles. The van der Waals surface area contributed by atoms with Crippen molar-refractivity contribution in [2.75, 3.05) is 4.90 Å². The number of hydrogen-bond donors (Lipinski definition) is 0. The number of carbonyl (C=O) groups excluding carboxylic acids is 1. The first-order chi connectivity index (χ1) is 10.5. The normalized spacial score (nSPS) is 16.6. The highest BCUT2D eigenvalue weighted by atomic mass is 35.5. The Kier molecular flexibility index (Phi) is 4.29. The van der Waals surface area contributed by atoms with Crippen LogP contribution in [0.1, 0.15) is 11.4 Å². The quantitative estimate of drug-likeness (QED) is 0.594. The fraction of sp³-hybridized carbons (Fsp3) is 0.0625. The zero-order valence-electron chi connectivity index (χ0n) is 11.6. The summed E-state index contributed by atoms with van der Waals surface area (Å²) in [6, 6.07) is 12.8.